The molecule has 0 unspecified atom stereocenters. The Hall–Kier alpha value is -8.29. The highest BCUT2D eigenvalue weighted by molar-refractivity contribution is 6.14. The molecule has 12 aromatic rings. The Kier molecular flexibility index (Phi) is 7.71. The first-order valence-corrected chi connectivity index (χ1v) is 19.9. The molecule has 0 N–H and O–H groups in total. The van der Waals surface area contributed by atoms with Crippen molar-refractivity contribution in [2.24, 2.45) is 0 Å². The van der Waals surface area contributed by atoms with E-state index in [1.807, 2.05) is 79.4 Å². The molecule has 7 heteroatoms. The summed E-state index contributed by atoms with van der Waals surface area (Å²) in [6.45, 7) is 0. The van der Waals surface area contributed by atoms with Gasteiger partial charge in [0.1, 0.15) is 0 Å². The van der Waals surface area contributed by atoms with Gasteiger partial charge in [-0.05, 0) is 99.1 Å². The van der Waals surface area contributed by atoms with Gasteiger partial charge in [-0.2, -0.15) is 0 Å². The second kappa shape index (κ2) is 13.7. The molecule has 7 nitrogen and oxygen atoms in total. The molecule has 0 amide bonds. The number of rotatable bonds is 5. The van der Waals surface area contributed by atoms with Crippen LogP contribution in [0.4, 0.5) is 0 Å². The Morgan fingerprint density at radius 2 is 0.733 bits per heavy atom. The average Bonchev–Trinajstić information content (AvgIpc) is 3.32. The third-order valence-corrected chi connectivity index (χ3v) is 11.4. The zero-order chi connectivity index (χ0) is 39.6. The van der Waals surface area contributed by atoms with Crippen LogP contribution >= 0.6 is 0 Å². The maximum Gasteiger partial charge on any atom is 0.166 e. The molecule has 12 rings (SSSR count). The van der Waals surface area contributed by atoms with Gasteiger partial charge in [0, 0.05) is 62.8 Å². The molecule has 7 aromatic carbocycles. The van der Waals surface area contributed by atoms with Crippen molar-refractivity contribution >= 4 is 65.2 Å². The minimum absolute atomic E-state index is 0.548. The molecule has 0 fully saturated rings. The fourth-order valence-electron chi connectivity index (χ4n) is 8.68. The quantitative estimate of drug-likeness (QED) is 0.127. The molecule has 0 saturated heterocycles. The molecule has 0 aliphatic rings. The largest absolute Gasteiger partial charge is 0.256 e. The third-order valence-electron chi connectivity index (χ3n) is 11.4. The highest BCUT2D eigenvalue weighted by Crippen LogP contribution is 2.42. The molecule has 5 aromatic heterocycles. The maximum absolute atomic E-state index is 5.40. The van der Waals surface area contributed by atoms with Gasteiger partial charge in [0.25, 0.3) is 0 Å². The molecule has 0 bridgehead atoms. The van der Waals surface area contributed by atoms with Crippen LogP contribution in [0.3, 0.4) is 0 Å². The van der Waals surface area contributed by atoms with Gasteiger partial charge in [-0.25, -0.2) is 15.0 Å². The van der Waals surface area contributed by atoms with Gasteiger partial charge in [0.05, 0.1) is 27.6 Å². The number of pyridine rings is 4. The third kappa shape index (κ3) is 5.56. The van der Waals surface area contributed by atoms with E-state index < -0.39 is 0 Å². The molecular formula is C53H31N7. The van der Waals surface area contributed by atoms with Gasteiger partial charge in [-0.15, -0.1) is 0 Å². The molecule has 0 radical (unpaired) electrons. The van der Waals surface area contributed by atoms with Crippen LogP contribution in [0.2, 0.25) is 0 Å². The minimum Gasteiger partial charge on any atom is -0.256 e. The fourth-order valence-corrected chi connectivity index (χ4v) is 8.68. The molecule has 0 atom stereocenters. The van der Waals surface area contributed by atoms with Crippen molar-refractivity contribution in [1.82, 2.24) is 34.9 Å². The lowest BCUT2D eigenvalue weighted by molar-refractivity contribution is 1.08. The van der Waals surface area contributed by atoms with E-state index in [1.54, 1.807) is 0 Å². The van der Waals surface area contributed by atoms with Crippen molar-refractivity contribution in [2.45, 2.75) is 0 Å². The lowest BCUT2D eigenvalue weighted by atomic mass is 9.90. The first kappa shape index (κ1) is 33.8. The molecule has 60 heavy (non-hydrogen) atoms. The normalized spacial score (nSPS) is 11.7. The smallest absolute Gasteiger partial charge is 0.166 e. The number of nitrogens with zero attached hydrogens (tertiary/aromatic N) is 7. The van der Waals surface area contributed by atoms with Gasteiger partial charge < -0.3 is 0 Å². The highest BCUT2D eigenvalue weighted by atomic mass is 15.0. The number of hydrogen-bond donors (Lipinski definition) is 0. The summed E-state index contributed by atoms with van der Waals surface area (Å²) in [7, 11) is 0. The van der Waals surface area contributed by atoms with Crippen LogP contribution < -0.4 is 0 Å². The molecule has 0 aliphatic carbocycles. The number of benzene rings is 7. The zero-order valence-electron chi connectivity index (χ0n) is 32.0. The lowest BCUT2D eigenvalue weighted by Crippen LogP contribution is -2.02. The maximum atomic E-state index is 5.40. The van der Waals surface area contributed by atoms with E-state index in [1.165, 1.54) is 0 Å². The SMILES string of the molecule is c1ccc(-c2nc(-c3cc(-c4cc5ccccc5c5ncccc45)cc(-c4cc5cccnc5c5ncccc45)c3)nc(-c3c4ccccc4cc4cccnc34)n2)cc1. The van der Waals surface area contributed by atoms with Gasteiger partial charge in [-0.1, -0.05) is 103 Å². The molecular weight excluding hydrogens is 735 g/mol. The molecule has 5 heterocycles. The number of aromatic nitrogens is 7. The van der Waals surface area contributed by atoms with Crippen LogP contribution in [0.25, 0.3) is 122 Å². The Bertz CT molecular complexity index is 3490. The Labute approximate surface area is 343 Å². The Morgan fingerprint density at radius 3 is 1.47 bits per heavy atom. The molecule has 278 valence electrons. The van der Waals surface area contributed by atoms with Crippen molar-refractivity contribution in [3.8, 4) is 56.4 Å². The van der Waals surface area contributed by atoms with Crippen molar-refractivity contribution in [1.29, 1.82) is 0 Å². The van der Waals surface area contributed by atoms with Crippen LogP contribution in [0.1, 0.15) is 0 Å². The van der Waals surface area contributed by atoms with Crippen LogP contribution in [0.5, 0.6) is 0 Å². The average molecular weight is 766 g/mol. The molecule has 0 aliphatic heterocycles. The van der Waals surface area contributed by atoms with E-state index in [0.29, 0.717) is 17.5 Å². The topological polar surface area (TPSA) is 90.2 Å². The van der Waals surface area contributed by atoms with E-state index in [2.05, 4.69) is 109 Å². The summed E-state index contributed by atoms with van der Waals surface area (Å²) >= 11 is 0. The summed E-state index contributed by atoms with van der Waals surface area (Å²) in [5.74, 6) is 1.68. The summed E-state index contributed by atoms with van der Waals surface area (Å²) < 4.78 is 0. The first-order valence-electron chi connectivity index (χ1n) is 19.9. The van der Waals surface area contributed by atoms with Crippen molar-refractivity contribution in [3.05, 3.63) is 189 Å². The highest BCUT2D eigenvalue weighted by Gasteiger charge is 2.21. The lowest BCUT2D eigenvalue weighted by Gasteiger charge is -2.16. The first-order chi connectivity index (χ1) is 29.7. The van der Waals surface area contributed by atoms with Gasteiger partial charge in [-0.3, -0.25) is 19.9 Å². The Balaban J connectivity index is 1.19. The summed E-state index contributed by atoms with van der Waals surface area (Å²) in [4.78, 5) is 35.3. The Morgan fingerprint density at radius 1 is 0.267 bits per heavy atom. The second-order valence-corrected chi connectivity index (χ2v) is 15.0. The van der Waals surface area contributed by atoms with E-state index in [9.17, 15) is 0 Å². The van der Waals surface area contributed by atoms with Crippen molar-refractivity contribution in [3.63, 3.8) is 0 Å². The van der Waals surface area contributed by atoms with Gasteiger partial charge >= 0.3 is 0 Å². The molecule has 0 saturated carbocycles. The van der Waals surface area contributed by atoms with E-state index in [0.717, 1.165) is 104 Å². The predicted octanol–water partition coefficient (Wildman–Crippen LogP) is 12.7. The summed E-state index contributed by atoms with van der Waals surface area (Å²) in [5.41, 5.74) is 10.2. The number of hydrogen-bond acceptors (Lipinski definition) is 7. The van der Waals surface area contributed by atoms with E-state index in [4.69, 9.17) is 34.9 Å². The summed E-state index contributed by atoms with van der Waals surface area (Å²) in [5, 5.41) is 8.42. The van der Waals surface area contributed by atoms with Crippen LogP contribution in [-0.4, -0.2) is 34.9 Å². The van der Waals surface area contributed by atoms with Gasteiger partial charge in [0.2, 0.25) is 0 Å². The van der Waals surface area contributed by atoms with Crippen LogP contribution in [-0.2, 0) is 0 Å². The standard InChI is InChI=1S/C53H31N7/c1-2-12-32(13-3-1)51-58-52(60-53(59-51)46-40-18-6-4-14-33(40)26-35-16-8-22-54-47(35)46)39-28-37(44-30-34-15-5-7-19-41(34)49-42(44)20-10-24-56-49)27-38(29-39)45-31-36-17-9-23-55-48(36)50-43(45)21-11-25-57-50/h1-31H. The fraction of sp³-hybridized carbons (Fsp3) is 0. The summed E-state index contributed by atoms with van der Waals surface area (Å²) in [6, 6.07) is 56.7. The van der Waals surface area contributed by atoms with E-state index >= 15 is 0 Å². The summed E-state index contributed by atoms with van der Waals surface area (Å²) in [6.07, 6.45) is 7.36. The monoisotopic (exact) mass is 765 g/mol. The van der Waals surface area contributed by atoms with E-state index in [-0.39, 0.29) is 0 Å². The molecule has 0 spiro atoms. The van der Waals surface area contributed by atoms with Crippen molar-refractivity contribution in [2.75, 3.05) is 0 Å². The van der Waals surface area contributed by atoms with Crippen LogP contribution in [0, 0.1) is 0 Å². The van der Waals surface area contributed by atoms with Crippen molar-refractivity contribution < 1.29 is 0 Å². The number of fused-ring (bicyclic) bond motifs is 8. The predicted molar refractivity (Wildman–Crippen MR) is 243 cm³/mol. The van der Waals surface area contributed by atoms with Gasteiger partial charge in [0.15, 0.2) is 17.5 Å². The second-order valence-electron chi connectivity index (χ2n) is 15.0. The minimum atomic E-state index is 0.548. The zero-order valence-corrected chi connectivity index (χ0v) is 32.0. The van der Waals surface area contributed by atoms with Crippen LogP contribution in [0.15, 0.2) is 189 Å².